The average Bonchev–Trinajstić information content (AvgIpc) is 2.29. The monoisotopic (exact) mass is 255 g/mol. The van der Waals surface area contributed by atoms with Gasteiger partial charge in [-0.15, -0.1) is 0 Å². The van der Waals surface area contributed by atoms with Gasteiger partial charge in [0.15, 0.2) is 0 Å². The molecule has 0 bridgehead atoms. The van der Waals surface area contributed by atoms with Crippen molar-refractivity contribution >= 4 is 17.4 Å². The molecule has 0 radical (unpaired) electrons. The fourth-order valence-electron chi connectivity index (χ4n) is 2.04. The molecule has 0 saturated heterocycles. The Morgan fingerprint density at radius 2 is 1.94 bits per heavy atom. The van der Waals surface area contributed by atoms with E-state index in [-0.39, 0.29) is 0 Å². The van der Waals surface area contributed by atoms with Crippen LogP contribution in [-0.4, -0.2) is 22.6 Å². The molecular weight excluding hydrogens is 234 g/mol. The van der Waals surface area contributed by atoms with Crippen molar-refractivity contribution in [3.05, 3.63) is 17.5 Å². The van der Waals surface area contributed by atoms with Gasteiger partial charge in [0.1, 0.15) is 5.82 Å². The lowest BCUT2D eigenvalue weighted by Gasteiger charge is -2.33. The van der Waals surface area contributed by atoms with E-state index in [0.717, 1.165) is 25.2 Å². The van der Waals surface area contributed by atoms with Crippen LogP contribution < -0.4 is 4.90 Å². The largest absolute Gasteiger partial charge is 0.353 e. The predicted molar refractivity (Wildman–Crippen MR) is 73.6 cm³/mol. The summed E-state index contributed by atoms with van der Waals surface area (Å²) in [6.45, 7) is 9.87. The minimum Gasteiger partial charge on any atom is -0.353 e. The van der Waals surface area contributed by atoms with Gasteiger partial charge < -0.3 is 4.90 Å². The Hall–Kier alpha value is -0.830. The SMILES string of the molecule is CCC(CC)N(CC(C)C)c1ccnc(Cl)n1. The lowest BCUT2D eigenvalue weighted by molar-refractivity contribution is 0.503. The van der Waals surface area contributed by atoms with Gasteiger partial charge in [0.05, 0.1) is 0 Å². The van der Waals surface area contributed by atoms with E-state index >= 15 is 0 Å². The molecule has 0 spiro atoms. The highest BCUT2D eigenvalue weighted by atomic mass is 35.5. The molecule has 0 aliphatic heterocycles. The van der Waals surface area contributed by atoms with Crippen LogP contribution in [0.4, 0.5) is 5.82 Å². The lowest BCUT2D eigenvalue weighted by Crippen LogP contribution is -2.38. The Bertz CT molecular complexity index is 337. The number of anilines is 1. The standard InChI is InChI=1S/C13H22ClN3/c1-5-11(6-2)17(9-10(3)4)12-7-8-15-13(14)16-12/h7-8,10-11H,5-6,9H2,1-4H3. The fourth-order valence-corrected chi connectivity index (χ4v) is 2.18. The molecule has 0 amide bonds. The predicted octanol–water partition coefficient (Wildman–Crippen LogP) is 3.78. The van der Waals surface area contributed by atoms with Crippen LogP contribution in [0.3, 0.4) is 0 Å². The Morgan fingerprint density at radius 3 is 2.41 bits per heavy atom. The molecule has 0 atom stereocenters. The maximum absolute atomic E-state index is 5.87. The molecule has 0 aromatic carbocycles. The second kappa shape index (κ2) is 6.80. The van der Waals surface area contributed by atoms with E-state index in [1.165, 1.54) is 0 Å². The maximum Gasteiger partial charge on any atom is 0.224 e. The van der Waals surface area contributed by atoms with E-state index < -0.39 is 0 Å². The average molecular weight is 256 g/mol. The van der Waals surface area contributed by atoms with Gasteiger partial charge in [0.2, 0.25) is 5.28 Å². The number of nitrogens with zero attached hydrogens (tertiary/aromatic N) is 3. The van der Waals surface area contributed by atoms with Gasteiger partial charge in [-0.05, 0) is 36.4 Å². The molecule has 1 aromatic rings. The second-order valence-corrected chi connectivity index (χ2v) is 5.04. The van der Waals surface area contributed by atoms with Crippen molar-refractivity contribution in [1.82, 2.24) is 9.97 Å². The van der Waals surface area contributed by atoms with Crippen molar-refractivity contribution in [2.24, 2.45) is 5.92 Å². The first-order chi connectivity index (χ1) is 8.08. The van der Waals surface area contributed by atoms with Gasteiger partial charge in [0.25, 0.3) is 0 Å². The van der Waals surface area contributed by atoms with Gasteiger partial charge in [-0.2, -0.15) is 0 Å². The van der Waals surface area contributed by atoms with E-state index in [2.05, 4.69) is 42.6 Å². The van der Waals surface area contributed by atoms with E-state index in [1.807, 2.05) is 6.07 Å². The van der Waals surface area contributed by atoms with Crippen molar-refractivity contribution in [2.75, 3.05) is 11.4 Å². The number of aromatic nitrogens is 2. The zero-order valence-electron chi connectivity index (χ0n) is 11.2. The first kappa shape index (κ1) is 14.2. The smallest absolute Gasteiger partial charge is 0.224 e. The Kier molecular flexibility index (Phi) is 5.69. The van der Waals surface area contributed by atoms with Crippen LogP contribution in [0.15, 0.2) is 12.3 Å². The van der Waals surface area contributed by atoms with Crippen LogP contribution in [0.5, 0.6) is 0 Å². The quantitative estimate of drug-likeness (QED) is 0.725. The fraction of sp³-hybridized carbons (Fsp3) is 0.692. The highest BCUT2D eigenvalue weighted by Gasteiger charge is 2.18. The molecule has 17 heavy (non-hydrogen) atoms. The number of halogens is 1. The molecule has 0 unspecified atom stereocenters. The lowest BCUT2D eigenvalue weighted by atomic mass is 10.1. The van der Waals surface area contributed by atoms with Gasteiger partial charge in [-0.3, -0.25) is 0 Å². The summed E-state index contributed by atoms with van der Waals surface area (Å²) < 4.78 is 0. The molecule has 1 heterocycles. The van der Waals surface area contributed by atoms with Crippen LogP contribution >= 0.6 is 11.6 Å². The number of hydrogen-bond acceptors (Lipinski definition) is 3. The van der Waals surface area contributed by atoms with Gasteiger partial charge in [0, 0.05) is 18.8 Å². The summed E-state index contributed by atoms with van der Waals surface area (Å²) in [6, 6.07) is 2.45. The van der Waals surface area contributed by atoms with Crippen molar-refractivity contribution in [3.63, 3.8) is 0 Å². The van der Waals surface area contributed by atoms with Crippen LogP contribution in [0.2, 0.25) is 5.28 Å². The minimum atomic E-state index is 0.321. The molecule has 4 heteroatoms. The second-order valence-electron chi connectivity index (χ2n) is 4.70. The topological polar surface area (TPSA) is 29.0 Å². The summed E-state index contributed by atoms with van der Waals surface area (Å²) in [5.74, 6) is 1.54. The van der Waals surface area contributed by atoms with Crippen molar-refractivity contribution < 1.29 is 0 Å². The highest BCUT2D eigenvalue weighted by Crippen LogP contribution is 2.20. The van der Waals surface area contributed by atoms with Crippen molar-refractivity contribution in [2.45, 2.75) is 46.6 Å². The highest BCUT2D eigenvalue weighted by molar-refractivity contribution is 6.28. The third-order valence-corrected chi connectivity index (χ3v) is 3.03. The Morgan fingerprint density at radius 1 is 1.29 bits per heavy atom. The zero-order valence-corrected chi connectivity index (χ0v) is 11.9. The molecule has 1 rings (SSSR count). The summed E-state index contributed by atoms with van der Waals surface area (Å²) in [4.78, 5) is 10.6. The molecule has 0 fully saturated rings. The summed E-state index contributed by atoms with van der Waals surface area (Å²) in [6.07, 6.45) is 3.95. The van der Waals surface area contributed by atoms with E-state index in [4.69, 9.17) is 11.6 Å². The van der Waals surface area contributed by atoms with Crippen molar-refractivity contribution in [1.29, 1.82) is 0 Å². The van der Waals surface area contributed by atoms with Crippen LogP contribution in [0.25, 0.3) is 0 Å². The molecule has 0 saturated carbocycles. The van der Waals surface area contributed by atoms with Crippen molar-refractivity contribution in [3.8, 4) is 0 Å². The first-order valence-corrected chi connectivity index (χ1v) is 6.71. The van der Waals surface area contributed by atoms with Crippen LogP contribution in [0, 0.1) is 5.92 Å². The van der Waals surface area contributed by atoms with E-state index in [0.29, 0.717) is 17.2 Å². The molecule has 0 N–H and O–H groups in total. The summed E-state index contributed by atoms with van der Waals surface area (Å²) in [5, 5.41) is 0.321. The summed E-state index contributed by atoms with van der Waals surface area (Å²) in [7, 11) is 0. The first-order valence-electron chi connectivity index (χ1n) is 6.33. The summed E-state index contributed by atoms with van der Waals surface area (Å²) >= 11 is 5.87. The Balaban J connectivity index is 2.96. The maximum atomic E-state index is 5.87. The summed E-state index contributed by atoms with van der Waals surface area (Å²) in [5.41, 5.74) is 0. The van der Waals surface area contributed by atoms with Gasteiger partial charge in [-0.25, -0.2) is 9.97 Å². The molecule has 0 aliphatic carbocycles. The Labute approximate surface area is 109 Å². The minimum absolute atomic E-state index is 0.321. The molecule has 1 aromatic heterocycles. The number of hydrogen-bond donors (Lipinski definition) is 0. The zero-order chi connectivity index (χ0) is 12.8. The molecular formula is C13H22ClN3. The third-order valence-electron chi connectivity index (χ3n) is 2.85. The molecule has 96 valence electrons. The molecule has 3 nitrogen and oxygen atoms in total. The molecule has 0 aliphatic rings. The van der Waals surface area contributed by atoms with E-state index in [1.54, 1.807) is 6.20 Å². The van der Waals surface area contributed by atoms with Crippen LogP contribution in [-0.2, 0) is 0 Å². The normalized spacial score (nSPS) is 11.2. The number of rotatable bonds is 6. The van der Waals surface area contributed by atoms with Gasteiger partial charge >= 0.3 is 0 Å². The van der Waals surface area contributed by atoms with E-state index in [9.17, 15) is 0 Å². The van der Waals surface area contributed by atoms with Crippen LogP contribution in [0.1, 0.15) is 40.5 Å². The van der Waals surface area contributed by atoms with Gasteiger partial charge in [-0.1, -0.05) is 27.7 Å². The third kappa shape index (κ3) is 4.15.